The molecule has 6 heteroatoms. The molecule has 0 aliphatic heterocycles. The van der Waals surface area contributed by atoms with E-state index in [9.17, 15) is 13.6 Å². The van der Waals surface area contributed by atoms with Gasteiger partial charge in [-0.2, -0.15) is 8.78 Å². The maximum Gasteiger partial charge on any atom is 0.387 e. The van der Waals surface area contributed by atoms with E-state index in [1.54, 1.807) is 0 Å². The molecular formula is C13H10F2O4. The van der Waals surface area contributed by atoms with E-state index in [0.717, 1.165) is 0 Å². The average molecular weight is 268 g/mol. The third-order valence-electron chi connectivity index (χ3n) is 2.41. The van der Waals surface area contributed by atoms with Gasteiger partial charge in [0.05, 0.1) is 12.7 Å². The lowest BCUT2D eigenvalue weighted by molar-refractivity contribution is -0.0495. The number of methoxy groups -OCH3 is 1. The first-order chi connectivity index (χ1) is 9.13. The molecule has 0 fully saturated rings. The first-order valence-corrected chi connectivity index (χ1v) is 5.32. The highest BCUT2D eigenvalue weighted by Gasteiger charge is 2.15. The minimum atomic E-state index is -2.95. The summed E-state index contributed by atoms with van der Waals surface area (Å²) in [6.07, 6.45) is 0.525. The third-order valence-corrected chi connectivity index (χ3v) is 2.41. The largest absolute Gasteiger partial charge is 0.497 e. The fourth-order valence-electron chi connectivity index (χ4n) is 1.59. The molecule has 0 atom stereocenters. The van der Waals surface area contributed by atoms with Crippen molar-refractivity contribution in [3.8, 4) is 22.8 Å². The Labute approximate surface area is 107 Å². The molecule has 0 N–H and O–H groups in total. The van der Waals surface area contributed by atoms with E-state index >= 15 is 0 Å². The molecule has 2 rings (SSSR count). The maximum atomic E-state index is 12.3. The Kier molecular flexibility index (Phi) is 3.79. The van der Waals surface area contributed by atoms with Crippen LogP contribution in [0.15, 0.2) is 34.7 Å². The van der Waals surface area contributed by atoms with Crippen LogP contribution in [0.5, 0.6) is 11.5 Å². The predicted molar refractivity (Wildman–Crippen MR) is 62.7 cm³/mol. The summed E-state index contributed by atoms with van der Waals surface area (Å²) in [5.74, 6) is 0.751. The average Bonchev–Trinajstić information content (AvgIpc) is 2.87. The minimum absolute atomic E-state index is 0.0531. The first-order valence-electron chi connectivity index (χ1n) is 5.32. The molecule has 1 heterocycles. The number of alkyl halides is 2. The normalized spacial score (nSPS) is 10.5. The molecule has 1 aromatic carbocycles. The number of rotatable bonds is 5. The van der Waals surface area contributed by atoms with Crippen LogP contribution in [-0.2, 0) is 0 Å². The molecule has 2 aromatic rings. The topological polar surface area (TPSA) is 48.7 Å². The molecule has 0 aliphatic rings. The maximum absolute atomic E-state index is 12.3. The second-order valence-electron chi connectivity index (χ2n) is 3.56. The summed E-state index contributed by atoms with van der Waals surface area (Å²) in [6.45, 7) is -2.95. The standard InChI is InChI=1S/C13H10F2O4/c1-17-8-2-4-12(19-13(14)15)10(6-8)11-5-3-9(7-16)18-11/h2-7,13H,1H3. The smallest absolute Gasteiger partial charge is 0.387 e. The molecule has 0 spiro atoms. The van der Waals surface area contributed by atoms with E-state index in [1.807, 2.05) is 0 Å². The van der Waals surface area contributed by atoms with Crippen LogP contribution in [0.1, 0.15) is 10.6 Å². The predicted octanol–water partition coefficient (Wildman–Crippen LogP) is 3.37. The molecule has 0 unspecified atom stereocenters. The monoisotopic (exact) mass is 268 g/mol. The number of carbonyl (C=O) groups is 1. The third kappa shape index (κ3) is 2.90. The zero-order valence-corrected chi connectivity index (χ0v) is 9.93. The van der Waals surface area contributed by atoms with Crippen LogP contribution >= 0.6 is 0 Å². The molecule has 0 radical (unpaired) electrons. The van der Waals surface area contributed by atoms with Gasteiger partial charge in [-0.3, -0.25) is 4.79 Å². The molecule has 4 nitrogen and oxygen atoms in total. The highest BCUT2D eigenvalue weighted by Crippen LogP contribution is 2.35. The van der Waals surface area contributed by atoms with Crippen molar-refractivity contribution >= 4 is 6.29 Å². The fraction of sp³-hybridized carbons (Fsp3) is 0.154. The molecule has 0 saturated heterocycles. The van der Waals surface area contributed by atoms with E-state index < -0.39 is 6.61 Å². The zero-order valence-electron chi connectivity index (χ0n) is 9.93. The van der Waals surface area contributed by atoms with E-state index in [2.05, 4.69) is 4.74 Å². The molecular weight excluding hydrogens is 258 g/mol. The molecule has 0 bridgehead atoms. The molecule has 19 heavy (non-hydrogen) atoms. The highest BCUT2D eigenvalue weighted by atomic mass is 19.3. The molecule has 0 saturated carbocycles. The quantitative estimate of drug-likeness (QED) is 0.780. The lowest BCUT2D eigenvalue weighted by Gasteiger charge is -2.10. The second-order valence-corrected chi connectivity index (χ2v) is 3.56. The van der Waals surface area contributed by atoms with E-state index in [1.165, 1.54) is 37.4 Å². The second kappa shape index (κ2) is 5.51. The van der Waals surface area contributed by atoms with Crippen LogP contribution in [0.25, 0.3) is 11.3 Å². The number of hydrogen-bond donors (Lipinski definition) is 0. The van der Waals surface area contributed by atoms with Crippen molar-refractivity contribution in [2.24, 2.45) is 0 Å². The van der Waals surface area contributed by atoms with Crippen molar-refractivity contribution in [1.29, 1.82) is 0 Å². The van der Waals surface area contributed by atoms with Gasteiger partial charge < -0.3 is 13.9 Å². The van der Waals surface area contributed by atoms with Gasteiger partial charge in [0.15, 0.2) is 12.0 Å². The molecule has 100 valence electrons. The Bertz CT molecular complexity index is 578. The number of ether oxygens (including phenoxy) is 2. The van der Waals surface area contributed by atoms with Crippen molar-refractivity contribution in [2.45, 2.75) is 6.61 Å². The number of furan rings is 1. The van der Waals surface area contributed by atoms with Gasteiger partial charge in [0, 0.05) is 0 Å². The van der Waals surface area contributed by atoms with E-state index in [-0.39, 0.29) is 22.8 Å². The number of aldehydes is 1. The Morgan fingerprint density at radius 3 is 2.63 bits per heavy atom. The Balaban J connectivity index is 2.47. The van der Waals surface area contributed by atoms with Crippen molar-refractivity contribution in [2.75, 3.05) is 7.11 Å². The van der Waals surface area contributed by atoms with Crippen LogP contribution in [-0.4, -0.2) is 20.0 Å². The van der Waals surface area contributed by atoms with Crippen molar-refractivity contribution in [3.05, 3.63) is 36.1 Å². The first kappa shape index (κ1) is 13.1. The van der Waals surface area contributed by atoms with Crippen LogP contribution in [0.4, 0.5) is 8.78 Å². The zero-order chi connectivity index (χ0) is 13.8. The van der Waals surface area contributed by atoms with Gasteiger partial charge in [-0.25, -0.2) is 0 Å². The van der Waals surface area contributed by atoms with Crippen molar-refractivity contribution in [1.82, 2.24) is 0 Å². The summed E-state index contributed by atoms with van der Waals surface area (Å²) >= 11 is 0. The van der Waals surface area contributed by atoms with Gasteiger partial charge in [0.1, 0.15) is 17.3 Å². The molecule has 1 aromatic heterocycles. The van der Waals surface area contributed by atoms with Gasteiger partial charge in [0.2, 0.25) is 0 Å². The summed E-state index contributed by atoms with van der Waals surface area (Å²) in [4.78, 5) is 10.6. The molecule has 0 aliphatic carbocycles. The lowest BCUT2D eigenvalue weighted by atomic mass is 10.1. The minimum Gasteiger partial charge on any atom is -0.497 e. The summed E-state index contributed by atoms with van der Waals surface area (Å²) < 4.78 is 39.3. The Hall–Kier alpha value is -2.37. The van der Waals surface area contributed by atoms with Crippen LogP contribution in [0.3, 0.4) is 0 Å². The number of carbonyl (C=O) groups excluding carboxylic acids is 1. The van der Waals surface area contributed by atoms with Crippen LogP contribution in [0.2, 0.25) is 0 Å². The number of hydrogen-bond acceptors (Lipinski definition) is 4. The van der Waals surface area contributed by atoms with E-state index in [0.29, 0.717) is 12.0 Å². The number of halogens is 2. The summed E-state index contributed by atoms with van der Waals surface area (Å²) in [5, 5.41) is 0. The summed E-state index contributed by atoms with van der Waals surface area (Å²) in [6, 6.07) is 7.27. The lowest BCUT2D eigenvalue weighted by Crippen LogP contribution is -2.03. The summed E-state index contributed by atoms with van der Waals surface area (Å²) in [5.41, 5.74) is 0.285. The van der Waals surface area contributed by atoms with Gasteiger partial charge in [-0.05, 0) is 30.3 Å². The van der Waals surface area contributed by atoms with Crippen LogP contribution in [0, 0.1) is 0 Å². The summed E-state index contributed by atoms with van der Waals surface area (Å²) in [7, 11) is 1.45. The van der Waals surface area contributed by atoms with Gasteiger partial charge in [-0.15, -0.1) is 0 Å². The van der Waals surface area contributed by atoms with Gasteiger partial charge in [-0.1, -0.05) is 0 Å². The van der Waals surface area contributed by atoms with Crippen molar-refractivity contribution < 1.29 is 27.5 Å². The molecule has 0 amide bonds. The Morgan fingerprint density at radius 1 is 1.26 bits per heavy atom. The van der Waals surface area contributed by atoms with Crippen LogP contribution < -0.4 is 9.47 Å². The van der Waals surface area contributed by atoms with Crippen molar-refractivity contribution in [3.63, 3.8) is 0 Å². The van der Waals surface area contributed by atoms with Gasteiger partial charge in [0.25, 0.3) is 0 Å². The van der Waals surface area contributed by atoms with Gasteiger partial charge >= 0.3 is 6.61 Å². The number of benzene rings is 1. The Morgan fingerprint density at radius 2 is 2.05 bits per heavy atom. The highest BCUT2D eigenvalue weighted by molar-refractivity contribution is 5.74. The van der Waals surface area contributed by atoms with E-state index in [4.69, 9.17) is 9.15 Å². The SMILES string of the molecule is COc1ccc(OC(F)F)c(-c2ccc(C=O)o2)c1. The fourth-order valence-corrected chi connectivity index (χ4v) is 1.59.